The third kappa shape index (κ3) is 5.81. The molecule has 4 heteroatoms. The Morgan fingerprint density at radius 1 is 0.536 bits per heavy atom. The lowest BCUT2D eigenvalue weighted by Crippen LogP contribution is -2.13. The number of nitrogens with one attached hydrogen (secondary N) is 2. The Morgan fingerprint density at radius 2 is 0.893 bits per heavy atom. The van der Waals surface area contributed by atoms with Gasteiger partial charge in [-0.25, -0.2) is 0 Å². The number of amides is 2. The number of para-hydroxylation sites is 2. The van der Waals surface area contributed by atoms with E-state index in [1.807, 2.05) is 60.7 Å². The zero-order chi connectivity index (χ0) is 19.6. The predicted molar refractivity (Wildman–Crippen MR) is 115 cm³/mol. The Kier molecular flexibility index (Phi) is 6.53. The van der Waals surface area contributed by atoms with E-state index in [1.165, 1.54) is 12.2 Å². The summed E-state index contributed by atoms with van der Waals surface area (Å²) >= 11 is 0. The molecule has 0 radical (unpaired) electrons. The molecule has 3 aromatic carbocycles. The molecule has 0 bridgehead atoms. The molecule has 2 N–H and O–H groups in total. The zero-order valence-electron chi connectivity index (χ0n) is 15.2. The van der Waals surface area contributed by atoms with Crippen LogP contribution in [0.4, 0.5) is 11.4 Å². The Labute approximate surface area is 164 Å². The van der Waals surface area contributed by atoms with Crippen molar-refractivity contribution in [2.75, 3.05) is 10.6 Å². The highest BCUT2D eigenvalue weighted by Crippen LogP contribution is 2.21. The number of carbonyl (C=O) groups is 2. The lowest BCUT2D eigenvalue weighted by atomic mass is 10.2. The zero-order valence-corrected chi connectivity index (χ0v) is 15.2. The summed E-state index contributed by atoms with van der Waals surface area (Å²) in [5.74, 6) is -0.546. The molecular weight excluding hydrogens is 348 g/mol. The second-order valence-corrected chi connectivity index (χ2v) is 6.01. The molecule has 0 saturated heterocycles. The number of hydrogen-bond donors (Lipinski definition) is 2. The standard InChI is InChI=1S/C24H20N2O2/c27-23(17-15-19-9-3-1-4-10-19)25-21-13-7-8-14-22(21)26-24(28)18-16-20-11-5-2-6-12-20/h1-18H,(H,25,27)(H,26,28)/b17-15+,18-16+. The van der Waals surface area contributed by atoms with Gasteiger partial charge in [0.15, 0.2) is 0 Å². The maximum Gasteiger partial charge on any atom is 0.248 e. The van der Waals surface area contributed by atoms with Gasteiger partial charge in [-0.3, -0.25) is 9.59 Å². The summed E-state index contributed by atoms with van der Waals surface area (Å²) in [4.78, 5) is 24.4. The molecule has 0 spiro atoms. The topological polar surface area (TPSA) is 58.2 Å². The second-order valence-electron chi connectivity index (χ2n) is 6.01. The van der Waals surface area contributed by atoms with E-state index in [9.17, 15) is 9.59 Å². The largest absolute Gasteiger partial charge is 0.321 e. The maximum atomic E-state index is 12.2. The Hall–Kier alpha value is -3.92. The van der Waals surface area contributed by atoms with Gasteiger partial charge >= 0.3 is 0 Å². The summed E-state index contributed by atoms with van der Waals surface area (Å²) in [5, 5.41) is 5.59. The van der Waals surface area contributed by atoms with Crippen LogP contribution < -0.4 is 10.6 Å². The number of benzene rings is 3. The summed E-state index contributed by atoms with van der Waals surface area (Å²) in [7, 11) is 0. The van der Waals surface area contributed by atoms with E-state index in [-0.39, 0.29) is 11.8 Å². The first kappa shape index (κ1) is 18.9. The molecule has 3 aromatic rings. The molecule has 3 rings (SSSR count). The molecule has 28 heavy (non-hydrogen) atoms. The molecule has 0 saturated carbocycles. The van der Waals surface area contributed by atoms with Crippen LogP contribution in [0.25, 0.3) is 12.2 Å². The van der Waals surface area contributed by atoms with Crippen molar-refractivity contribution >= 4 is 35.3 Å². The first-order valence-electron chi connectivity index (χ1n) is 8.88. The summed E-state index contributed by atoms with van der Waals surface area (Å²) in [5.41, 5.74) is 2.94. The van der Waals surface area contributed by atoms with E-state index in [2.05, 4.69) is 10.6 Å². The summed E-state index contributed by atoms with van der Waals surface area (Å²) < 4.78 is 0. The molecule has 0 aliphatic carbocycles. The van der Waals surface area contributed by atoms with Crippen molar-refractivity contribution in [1.29, 1.82) is 0 Å². The lowest BCUT2D eigenvalue weighted by Gasteiger charge is -2.10. The van der Waals surface area contributed by atoms with Gasteiger partial charge in [-0.1, -0.05) is 72.8 Å². The molecule has 0 aliphatic rings. The van der Waals surface area contributed by atoms with Gasteiger partial charge in [0, 0.05) is 12.2 Å². The van der Waals surface area contributed by atoms with Crippen molar-refractivity contribution in [2.24, 2.45) is 0 Å². The second kappa shape index (κ2) is 9.69. The smallest absolute Gasteiger partial charge is 0.248 e. The minimum atomic E-state index is -0.273. The van der Waals surface area contributed by atoms with Crippen LogP contribution in [-0.4, -0.2) is 11.8 Å². The van der Waals surface area contributed by atoms with Crippen molar-refractivity contribution < 1.29 is 9.59 Å². The van der Waals surface area contributed by atoms with Gasteiger partial charge in [0.25, 0.3) is 0 Å². The minimum Gasteiger partial charge on any atom is -0.321 e. The Balaban J connectivity index is 1.64. The van der Waals surface area contributed by atoms with Gasteiger partial charge in [0.1, 0.15) is 0 Å². The fourth-order valence-electron chi connectivity index (χ4n) is 2.52. The third-order valence-corrected chi connectivity index (χ3v) is 3.90. The van der Waals surface area contributed by atoms with E-state index >= 15 is 0 Å². The minimum absolute atomic E-state index is 0.273. The van der Waals surface area contributed by atoms with E-state index in [1.54, 1.807) is 36.4 Å². The molecule has 0 heterocycles. The Morgan fingerprint density at radius 3 is 1.29 bits per heavy atom. The van der Waals surface area contributed by atoms with E-state index in [0.717, 1.165) is 11.1 Å². The van der Waals surface area contributed by atoms with Gasteiger partial charge in [-0.05, 0) is 35.4 Å². The molecule has 0 aliphatic heterocycles. The van der Waals surface area contributed by atoms with Gasteiger partial charge in [0.05, 0.1) is 11.4 Å². The molecule has 0 fully saturated rings. The van der Waals surface area contributed by atoms with Crippen molar-refractivity contribution in [2.45, 2.75) is 0 Å². The average Bonchev–Trinajstić information content (AvgIpc) is 2.74. The molecule has 2 amide bonds. The van der Waals surface area contributed by atoms with Gasteiger partial charge in [0.2, 0.25) is 11.8 Å². The van der Waals surface area contributed by atoms with Crippen LogP contribution in [0.15, 0.2) is 97.1 Å². The van der Waals surface area contributed by atoms with Gasteiger partial charge in [-0.15, -0.1) is 0 Å². The van der Waals surface area contributed by atoms with E-state index < -0.39 is 0 Å². The van der Waals surface area contributed by atoms with Crippen LogP contribution in [0.5, 0.6) is 0 Å². The number of anilines is 2. The number of hydrogen-bond acceptors (Lipinski definition) is 2. The maximum absolute atomic E-state index is 12.2. The summed E-state index contributed by atoms with van der Waals surface area (Å²) in [6, 6.07) is 26.2. The molecule has 4 nitrogen and oxygen atoms in total. The monoisotopic (exact) mass is 368 g/mol. The van der Waals surface area contributed by atoms with Gasteiger partial charge in [-0.2, -0.15) is 0 Å². The van der Waals surface area contributed by atoms with Crippen molar-refractivity contribution in [3.8, 4) is 0 Å². The Bertz CT molecular complexity index is 911. The predicted octanol–water partition coefficient (Wildman–Crippen LogP) is 4.99. The third-order valence-electron chi connectivity index (χ3n) is 3.90. The van der Waals surface area contributed by atoms with E-state index in [4.69, 9.17) is 0 Å². The SMILES string of the molecule is O=C(/C=C/c1ccccc1)Nc1ccccc1NC(=O)/C=C/c1ccccc1. The fraction of sp³-hybridized carbons (Fsp3) is 0. The van der Waals surface area contributed by atoms with Crippen LogP contribution in [-0.2, 0) is 9.59 Å². The highest BCUT2D eigenvalue weighted by molar-refractivity contribution is 6.07. The summed E-state index contributed by atoms with van der Waals surface area (Å²) in [6.45, 7) is 0. The lowest BCUT2D eigenvalue weighted by molar-refractivity contribution is -0.112. The van der Waals surface area contributed by atoms with Crippen molar-refractivity contribution in [1.82, 2.24) is 0 Å². The van der Waals surface area contributed by atoms with Crippen molar-refractivity contribution in [3.05, 3.63) is 108 Å². The summed E-state index contributed by atoms with van der Waals surface area (Å²) in [6.07, 6.45) is 6.39. The normalized spacial score (nSPS) is 10.9. The molecule has 138 valence electrons. The van der Waals surface area contributed by atoms with Crippen LogP contribution >= 0.6 is 0 Å². The quantitative estimate of drug-likeness (QED) is 0.602. The van der Waals surface area contributed by atoms with Crippen LogP contribution in [0, 0.1) is 0 Å². The van der Waals surface area contributed by atoms with E-state index in [0.29, 0.717) is 11.4 Å². The molecule has 0 aromatic heterocycles. The van der Waals surface area contributed by atoms with Crippen LogP contribution in [0.3, 0.4) is 0 Å². The molecule has 0 unspecified atom stereocenters. The van der Waals surface area contributed by atoms with Gasteiger partial charge < -0.3 is 10.6 Å². The van der Waals surface area contributed by atoms with Crippen LogP contribution in [0.2, 0.25) is 0 Å². The van der Waals surface area contributed by atoms with Crippen molar-refractivity contribution in [3.63, 3.8) is 0 Å². The highest BCUT2D eigenvalue weighted by atomic mass is 16.2. The molecule has 0 atom stereocenters. The number of rotatable bonds is 6. The first-order valence-corrected chi connectivity index (χ1v) is 8.88. The molecular formula is C24H20N2O2. The number of carbonyl (C=O) groups excluding carboxylic acids is 2. The fourth-order valence-corrected chi connectivity index (χ4v) is 2.52. The highest BCUT2D eigenvalue weighted by Gasteiger charge is 2.06. The average molecular weight is 368 g/mol. The van der Waals surface area contributed by atoms with Crippen LogP contribution in [0.1, 0.15) is 11.1 Å². The first-order chi connectivity index (χ1) is 13.7.